The van der Waals surface area contributed by atoms with Gasteiger partial charge in [-0.2, -0.15) is 5.10 Å². The molecule has 6 heteroatoms. The van der Waals surface area contributed by atoms with E-state index in [1.807, 2.05) is 42.5 Å². The standard InChI is InChI=1S/C21H23N3O2S/c27-21(22-14-16-9-6-12-25-16)24-23-18-13-20(15-7-2-1-3-8-15)26-19-11-5-4-10-17(18)19/h1-5,7-8,10-11,16,20H,6,9,12-14H2,(H2,22,24,27)/t16-,20+/m0/s1. The summed E-state index contributed by atoms with van der Waals surface area (Å²) in [6.07, 6.45) is 3.06. The zero-order valence-electron chi connectivity index (χ0n) is 15.1. The van der Waals surface area contributed by atoms with Crippen LogP contribution < -0.4 is 15.5 Å². The quantitative estimate of drug-likeness (QED) is 0.627. The van der Waals surface area contributed by atoms with Crippen LogP contribution in [0.3, 0.4) is 0 Å². The molecule has 4 rings (SSSR count). The van der Waals surface area contributed by atoms with Gasteiger partial charge < -0.3 is 14.8 Å². The molecule has 2 aliphatic heterocycles. The zero-order valence-corrected chi connectivity index (χ0v) is 15.9. The van der Waals surface area contributed by atoms with Crippen LogP contribution in [0.1, 0.15) is 36.5 Å². The minimum atomic E-state index is -0.0601. The Balaban J connectivity index is 1.46. The van der Waals surface area contributed by atoms with Gasteiger partial charge in [0.1, 0.15) is 11.9 Å². The molecular weight excluding hydrogens is 358 g/mol. The summed E-state index contributed by atoms with van der Waals surface area (Å²) in [5.41, 5.74) is 6.06. The number of rotatable bonds is 4. The number of hydrogen-bond donors (Lipinski definition) is 2. The van der Waals surface area contributed by atoms with Gasteiger partial charge in [0.25, 0.3) is 0 Å². The Morgan fingerprint density at radius 3 is 2.74 bits per heavy atom. The second-order valence-electron chi connectivity index (χ2n) is 6.73. The summed E-state index contributed by atoms with van der Waals surface area (Å²) in [6.45, 7) is 1.55. The molecule has 140 valence electrons. The first-order valence-electron chi connectivity index (χ1n) is 9.32. The average Bonchev–Trinajstić information content (AvgIpc) is 3.24. The molecule has 5 nitrogen and oxygen atoms in total. The number of benzene rings is 2. The third kappa shape index (κ3) is 4.46. The van der Waals surface area contributed by atoms with Gasteiger partial charge in [-0.25, -0.2) is 0 Å². The van der Waals surface area contributed by atoms with Gasteiger partial charge in [-0.15, -0.1) is 0 Å². The van der Waals surface area contributed by atoms with Crippen molar-refractivity contribution >= 4 is 23.0 Å². The predicted molar refractivity (Wildman–Crippen MR) is 110 cm³/mol. The van der Waals surface area contributed by atoms with Gasteiger partial charge in [-0.05, 0) is 42.8 Å². The van der Waals surface area contributed by atoms with Crippen molar-refractivity contribution in [1.82, 2.24) is 10.7 Å². The van der Waals surface area contributed by atoms with E-state index in [2.05, 4.69) is 28.0 Å². The number of hydrazone groups is 1. The maximum atomic E-state index is 6.20. The molecular formula is C21H23N3O2S. The van der Waals surface area contributed by atoms with Crippen molar-refractivity contribution in [1.29, 1.82) is 0 Å². The summed E-state index contributed by atoms with van der Waals surface area (Å²) in [4.78, 5) is 0. The zero-order chi connectivity index (χ0) is 18.5. The van der Waals surface area contributed by atoms with E-state index in [9.17, 15) is 0 Å². The molecule has 1 saturated heterocycles. The molecule has 2 N–H and O–H groups in total. The Morgan fingerprint density at radius 1 is 1.11 bits per heavy atom. The maximum absolute atomic E-state index is 6.20. The van der Waals surface area contributed by atoms with Gasteiger partial charge in [0.05, 0.1) is 11.8 Å². The molecule has 2 atom stereocenters. The molecule has 0 bridgehead atoms. The van der Waals surface area contributed by atoms with E-state index < -0.39 is 0 Å². The summed E-state index contributed by atoms with van der Waals surface area (Å²) in [5, 5.41) is 8.29. The van der Waals surface area contributed by atoms with Crippen LogP contribution in [-0.2, 0) is 4.74 Å². The first kappa shape index (κ1) is 17.9. The Hall–Kier alpha value is -2.44. The number of para-hydroxylation sites is 1. The van der Waals surface area contributed by atoms with Gasteiger partial charge in [-0.1, -0.05) is 42.5 Å². The highest BCUT2D eigenvalue weighted by Crippen LogP contribution is 2.34. The van der Waals surface area contributed by atoms with Crippen LogP contribution in [0.4, 0.5) is 0 Å². The smallest absolute Gasteiger partial charge is 0.187 e. The number of ether oxygens (including phenoxy) is 2. The fraction of sp³-hybridized carbons (Fsp3) is 0.333. The van der Waals surface area contributed by atoms with Gasteiger partial charge in [0.15, 0.2) is 5.11 Å². The lowest BCUT2D eigenvalue weighted by atomic mass is 9.96. The summed E-state index contributed by atoms with van der Waals surface area (Å²) >= 11 is 5.36. The second kappa shape index (κ2) is 8.50. The molecule has 2 aromatic carbocycles. The largest absolute Gasteiger partial charge is 0.485 e. The summed E-state index contributed by atoms with van der Waals surface area (Å²) in [5.74, 6) is 0.844. The van der Waals surface area contributed by atoms with Gasteiger partial charge in [0, 0.05) is 25.1 Å². The molecule has 0 aliphatic carbocycles. The Kier molecular flexibility index (Phi) is 5.65. The summed E-state index contributed by atoms with van der Waals surface area (Å²) < 4.78 is 11.8. The Labute approximate surface area is 164 Å². The van der Waals surface area contributed by atoms with Gasteiger partial charge in [-0.3, -0.25) is 5.43 Å². The normalized spacial score (nSPS) is 22.7. The van der Waals surface area contributed by atoms with Crippen molar-refractivity contribution in [3.05, 3.63) is 65.7 Å². The molecule has 0 saturated carbocycles. The molecule has 27 heavy (non-hydrogen) atoms. The lowest BCUT2D eigenvalue weighted by Crippen LogP contribution is -2.38. The molecule has 2 aromatic rings. The van der Waals surface area contributed by atoms with Crippen LogP contribution in [0.5, 0.6) is 5.75 Å². The lowest BCUT2D eigenvalue weighted by Gasteiger charge is -2.27. The van der Waals surface area contributed by atoms with Crippen molar-refractivity contribution < 1.29 is 9.47 Å². The lowest BCUT2D eigenvalue weighted by molar-refractivity contribution is 0.114. The SMILES string of the molecule is S=C(NC[C@@H]1CCCO1)NN=C1C[C@H](c2ccccc2)Oc2ccccc21. The molecule has 0 spiro atoms. The molecule has 2 aliphatic rings. The minimum absolute atomic E-state index is 0.0601. The highest BCUT2D eigenvalue weighted by Gasteiger charge is 2.26. The van der Waals surface area contributed by atoms with Crippen LogP contribution in [0.2, 0.25) is 0 Å². The Bertz CT molecular complexity index is 819. The van der Waals surface area contributed by atoms with Crippen LogP contribution in [0.25, 0.3) is 0 Å². The van der Waals surface area contributed by atoms with Gasteiger partial charge in [0.2, 0.25) is 0 Å². The van der Waals surface area contributed by atoms with E-state index in [1.54, 1.807) is 0 Å². The molecule has 0 amide bonds. The summed E-state index contributed by atoms with van der Waals surface area (Å²) in [6, 6.07) is 18.2. The molecule has 2 heterocycles. The molecule has 0 radical (unpaired) electrons. The third-order valence-corrected chi connectivity index (χ3v) is 5.06. The van der Waals surface area contributed by atoms with Crippen molar-refractivity contribution in [3.63, 3.8) is 0 Å². The van der Waals surface area contributed by atoms with Crippen molar-refractivity contribution in [2.24, 2.45) is 5.10 Å². The van der Waals surface area contributed by atoms with E-state index in [0.29, 0.717) is 18.1 Å². The Morgan fingerprint density at radius 2 is 1.93 bits per heavy atom. The fourth-order valence-electron chi connectivity index (χ4n) is 3.42. The van der Waals surface area contributed by atoms with E-state index in [-0.39, 0.29) is 12.2 Å². The van der Waals surface area contributed by atoms with E-state index in [0.717, 1.165) is 42.0 Å². The van der Waals surface area contributed by atoms with Crippen molar-refractivity contribution in [3.8, 4) is 5.75 Å². The third-order valence-electron chi connectivity index (χ3n) is 4.82. The maximum Gasteiger partial charge on any atom is 0.187 e. The number of thiocarbonyl (C=S) groups is 1. The fourth-order valence-corrected chi connectivity index (χ4v) is 3.55. The van der Waals surface area contributed by atoms with Crippen molar-refractivity contribution in [2.45, 2.75) is 31.5 Å². The highest BCUT2D eigenvalue weighted by atomic mass is 32.1. The van der Waals surface area contributed by atoms with Crippen LogP contribution in [-0.4, -0.2) is 30.1 Å². The number of fused-ring (bicyclic) bond motifs is 1. The minimum Gasteiger partial charge on any atom is -0.485 e. The van der Waals surface area contributed by atoms with E-state index in [1.165, 1.54) is 0 Å². The highest BCUT2D eigenvalue weighted by molar-refractivity contribution is 7.80. The molecule has 0 aromatic heterocycles. The number of nitrogens with one attached hydrogen (secondary N) is 2. The molecule has 1 fully saturated rings. The second-order valence-corrected chi connectivity index (χ2v) is 7.14. The average molecular weight is 382 g/mol. The van der Waals surface area contributed by atoms with Crippen LogP contribution in [0, 0.1) is 0 Å². The van der Waals surface area contributed by atoms with E-state index in [4.69, 9.17) is 21.7 Å². The van der Waals surface area contributed by atoms with Crippen molar-refractivity contribution in [2.75, 3.05) is 13.2 Å². The predicted octanol–water partition coefficient (Wildman–Crippen LogP) is 3.56. The van der Waals surface area contributed by atoms with Gasteiger partial charge >= 0.3 is 0 Å². The number of hydrogen-bond acceptors (Lipinski definition) is 4. The first-order chi connectivity index (χ1) is 13.3. The number of nitrogens with zero attached hydrogens (tertiary/aromatic N) is 1. The summed E-state index contributed by atoms with van der Waals surface area (Å²) in [7, 11) is 0. The van der Waals surface area contributed by atoms with E-state index >= 15 is 0 Å². The van der Waals surface area contributed by atoms with Crippen LogP contribution in [0.15, 0.2) is 59.7 Å². The van der Waals surface area contributed by atoms with Crippen LogP contribution >= 0.6 is 12.2 Å². The topological polar surface area (TPSA) is 54.9 Å². The first-order valence-corrected chi connectivity index (χ1v) is 9.73. The molecule has 0 unspecified atom stereocenters. The monoisotopic (exact) mass is 381 g/mol.